The molecule has 2 aromatic rings. The van der Waals surface area contributed by atoms with Crippen molar-refractivity contribution >= 4 is 21.6 Å². The van der Waals surface area contributed by atoms with Crippen molar-refractivity contribution in [3.63, 3.8) is 0 Å². The molecule has 0 spiro atoms. The molecule has 0 unspecified atom stereocenters. The molecule has 1 N–H and O–H groups in total. The van der Waals surface area contributed by atoms with E-state index in [9.17, 15) is 13.2 Å². The van der Waals surface area contributed by atoms with Gasteiger partial charge in [-0.3, -0.25) is 9.10 Å². The maximum Gasteiger partial charge on any atom is 0.232 e. The van der Waals surface area contributed by atoms with E-state index in [1.807, 2.05) is 32.0 Å². The number of rotatable bonds is 11. The van der Waals surface area contributed by atoms with Crippen LogP contribution in [0.15, 0.2) is 42.5 Å². The Balaban J connectivity index is 1.79. The summed E-state index contributed by atoms with van der Waals surface area (Å²) >= 11 is 0. The molecule has 0 aromatic heterocycles. The van der Waals surface area contributed by atoms with Crippen molar-refractivity contribution in [3.05, 3.63) is 53.6 Å². The Bertz CT molecular complexity index is 922. The number of carbonyl (C=O) groups excluding carboxylic acids is 1. The number of methoxy groups -OCH3 is 1. The molecule has 0 bridgehead atoms. The van der Waals surface area contributed by atoms with Gasteiger partial charge in [0.2, 0.25) is 15.9 Å². The van der Waals surface area contributed by atoms with Gasteiger partial charge >= 0.3 is 0 Å². The van der Waals surface area contributed by atoms with E-state index in [4.69, 9.17) is 9.47 Å². The molecule has 0 radical (unpaired) electrons. The van der Waals surface area contributed by atoms with E-state index in [1.165, 1.54) is 10.6 Å². The summed E-state index contributed by atoms with van der Waals surface area (Å²) in [7, 11) is -1.84. The van der Waals surface area contributed by atoms with Gasteiger partial charge < -0.3 is 14.8 Å². The molecule has 30 heavy (non-hydrogen) atoms. The van der Waals surface area contributed by atoms with Crippen molar-refractivity contribution in [2.75, 3.05) is 37.4 Å². The Morgan fingerprint density at radius 2 is 1.63 bits per heavy atom. The summed E-state index contributed by atoms with van der Waals surface area (Å²) in [5.74, 6) is 1.31. The monoisotopic (exact) mass is 434 g/mol. The van der Waals surface area contributed by atoms with E-state index in [0.29, 0.717) is 31.0 Å². The van der Waals surface area contributed by atoms with Crippen LogP contribution in [0.4, 0.5) is 5.69 Å². The SMILES string of the molecule is COc1ccc(OCCNC(=O)CCCN(c2c(C)cccc2C)S(C)(=O)=O)cc1. The summed E-state index contributed by atoms with van der Waals surface area (Å²) in [6.07, 6.45) is 1.85. The summed E-state index contributed by atoms with van der Waals surface area (Å²) in [5.41, 5.74) is 2.47. The second-order valence-electron chi connectivity index (χ2n) is 7.05. The normalized spacial score (nSPS) is 11.1. The minimum absolute atomic E-state index is 0.136. The third-order valence-corrected chi connectivity index (χ3v) is 5.77. The standard InChI is InChI=1S/C22H30N2O5S/c1-17-7-5-8-18(2)22(17)24(30(4,26)27)15-6-9-21(25)23-14-16-29-20-12-10-19(28-3)11-13-20/h5,7-8,10-13H,6,9,14-16H2,1-4H3,(H,23,25). The molecule has 7 nitrogen and oxygen atoms in total. The molecule has 0 aliphatic carbocycles. The van der Waals surface area contributed by atoms with Crippen molar-refractivity contribution in [1.82, 2.24) is 5.32 Å². The molecule has 0 saturated carbocycles. The van der Waals surface area contributed by atoms with Crippen molar-refractivity contribution in [3.8, 4) is 11.5 Å². The quantitative estimate of drug-likeness (QED) is 0.550. The van der Waals surface area contributed by atoms with Crippen LogP contribution in [0.1, 0.15) is 24.0 Å². The highest BCUT2D eigenvalue weighted by Crippen LogP contribution is 2.27. The summed E-state index contributed by atoms with van der Waals surface area (Å²) in [5, 5.41) is 2.79. The molecule has 0 saturated heterocycles. The number of sulfonamides is 1. The van der Waals surface area contributed by atoms with Crippen molar-refractivity contribution in [1.29, 1.82) is 0 Å². The number of carbonyl (C=O) groups is 1. The van der Waals surface area contributed by atoms with Gasteiger partial charge in [0.1, 0.15) is 18.1 Å². The zero-order chi connectivity index (χ0) is 22.1. The van der Waals surface area contributed by atoms with Gasteiger partial charge in [-0.05, 0) is 55.7 Å². The fourth-order valence-electron chi connectivity index (χ4n) is 3.15. The van der Waals surface area contributed by atoms with Gasteiger partial charge in [-0.2, -0.15) is 0 Å². The lowest BCUT2D eigenvalue weighted by molar-refractivity contribution is -0.121. The van der Waals surface area contributed by atoms with Crippen LogP contribution in [-0.2, 0) is 14.8 Å². The third-order valence-electron chi connectivity index (χ3n) is 4.61. The lowest BCUT2D eigenvalue weighted by atomic mass is 10.1. The second kappa shape index (κ2) is 10.9. The Labute approximate surface area is 179 Å². The molecule has 1 amide bonds. The average molecular weight is 435 g/mol. The maximum atomic E-state index is 12.3. The Hall–Kier alpha value is -2.74. The highest BCUT2D eigenvalue weighted by atomic mass is 32.2. The fraction of sp³-hybridized carbons (Fsp3) is 0.409. The minimum Gasteiger partial charge on any atom is -0.497 e. The molecular weight excluding hydrogens is 404 g/mol. The number of hydrogen-bond donors (Lipinski definition) is 1. The number of benzene rings is 2. The van der Waals surface area contributed by atoms with Gasteiger partial charge in [0.25, 0.3) is 0 Å². The Morgan fingerprint density at radius 3 is 2.20 bits per heavy atom. The van der Waals surface area contributed by atoms with Crippen molar-refractivity contribution < 1.29 is 22.7 Å². The van der Waals surface area contributed by atoms with Crippen LogP contribution >= 0.6 is 0 Å². The summed E-state index contributed by atoms with van der Waals surface area (Å²) in [6, 6.07) is 12.9. The van der Waals surface area contributed by atoms with E-state index in [2.05, 4.69) is 5.32 Å². The maximum absolute atomic E-state index is 12.3. The molecule has 8 heteroatoms. The topological polar surface area (TPSA) is 84.9 Å². The summed E-state index contributed by atoms with van der Waals surface area (Å²) < 4.78 is 36.6. The number of para-hydroxylation sites is 1. The van der Waals surface area contributed by atoms with Gasteiger partial charge in [-0.1, -0.05) is 18.2 Å². The van der Waals surface area contributed by atoms with Gasteiger partial charge in [-0.25, -0.2) is 8.42 Å². The van der Waals surface area contributed by atoms with Gasteiger partial charge in [0.05, 0.1) is 25.6 Å². The molecule has 0 aliphatic heterocycles. The summed E-state index contributed by atoms with van der Waals surface area (Å²) in [4.78, 5) is 12.1. The van der Waals surface area contributed by atoms with Crippen LogP contribution in [-0.4, -0.2) is 47.4 Å². The Kier molecular flexibility index (Phi) is 8.53. The predicted molar refractivity (Wildman–Crippen MR) is 119 cm³/mol. The zero-order valence-electron chi connectivity index (χ0n) is 18.0. The lowest BCUT2D eigenvalue weighted by Gasteiger charge is -2.26. The fourth-order valence-corrected chi connectivity index (χ4v) is 4.23. The summed E-state index contributed by atoms with van der Waals surface area (Å²) in [6.45, 7) is 4.74. The second-order valence-corrected chi connectivity index (χ2v) is 8.96. The largest absolute Gasteiger partial charge is 0.497 e. The van der Waals surface area contributed by atoms with E-state index < -0.39 is 10.0 Å². The van der Waals surface area contributed by atoms with Gasteiger partial charge in [-0.15, -0.1) is 0 Å². The van der Waals surface area contributed by atoms with E-state index >= 15 is 0 Å². The number of aryl methyl sites for hydroxylation is 2. The highest BCUT2D eigenvalue weighted by Gasteiger charge is 2.20. The van der Waals surface area contributed by atoms with Crippen molar-refractivity contribution in [2.24, 2.45) is 0 Å². The van der Waals surface area contributed by atoms with Crippen LogP contribution in [0.3, 0.4) is 0 Å². The minimum atomic E-state index is -3.44. The van der Waals surface area contributed by atoms with E-state index in [1.54, 1.807) is 31.4 Å². The van der Waals surface area contributed by atoms with Crippen molar-refractivity contribution in [2.45, 2.75) is 26.7 Å². The number of anilines is 1. The average Bonchev–Trinajstić information content (AvgIpc) is 2.69. The first-order valence-electron chi connectivity index (χ1n) is 9.80. The van der Waals surface area contributed by atoms with Gasteiger partial charge in [0, 0.05) is 13.0 Å². The third kappa shape index (κ3) is 6.95. The van der Waals surface area contributed by atoms with Crippen LogP contribution in [0.25, 0.3) is 0 Å². The molecule has 0 fully saturated rings. The molecular formula is C22H30N2O5S. The first-order chi connectivity index (χ1) is 14.2. The molecule has 0 atom stereocenters. The van der Waals surface area contributed by atoms with Gasteiger partial charge in [0.15, 0.2) is 0 Å². The molecule has 2 rings (SSSR count). The number of amides is 1. The molecule has 0 aliphatic rings. The zero-order valence-corrected chi connectivity index (χ0v) is 18.8. The van der Waals surface area contributed by atoms with E-state index in [0.717, 1.165) is 16.9 Å². The van der Waals surface area contributed by atoms with Crippen LogP contribution in [0.5, 0.6) is 11.5 Å². The Morgan fingerprint density at radius 1 is 1.03 bits per heavy atom. The lowest BCUT2D eigenvalue weighted by Crippen LogP contribution is -2.33. The first kappa shape index (κ1) is 23.5. The number of nitrogens with one attached hydrogen (secondary N) is 1. The number of hydrogen-bond acceptors (Lipinski definition) is 5. The van der Waals surface area contributed by atoms with E-state index in [-0.39, 0.29) is 18.9 Å². The highest BCUT2D eigenvalue weighted by molar-refractivity contribution is 7.92. The van der Waals surface area contributed by atoms with Crippen LogP contribution in [0.2, 0.25) is 0 Å². The molecule has 0 heterocycles. The predicted octanol–water partition coefficient (Wildman–Crippen LogP) is 3.05. The number of ether oxygens (including phenoxy) is 2. The smallest absolute Gasteiger partial charge is 0.232 e. The first-order valence-corrected chi connectivity index (χ1v) is 11.6. The number of nitrogens with zero attached hydrogens (tertiary/aromatic N) is 1. The molecule has 2 aromatic carbocycles. The molecule has 164 valence electrons. The van der Waals surface area contributed by atoms with Crippen LogP contribution in [0, 0.1) is 13.8 Å². The van der Waals surface area contributed by atoms with Crippen LogP contribution < -0.4 is 19.1 Å².